The molecule has 0 heterocycles. The molecule has 0 fully saturated rings. The van der Waals surface area contributed by atoms with Crippen LogP contribution in [-0.4, -0.2) is 5.75 Å². The van der Waals surface area contributed by atoms with E-state index in [4.69, 9.17) is 12.6 Å². The van der Waals surface area contributed by atoms with Gasteiger partial charge in [-0.3, -0.25) is 0 Å². The van der Waals surface area contributed by atoms with Crippen LogP contribution in [0.25, 0.3) is 0 Å². The zero-order chi connectivity index (χ0) is 9.52. The summed E-state index contributed by atoms with van der Waals surface area (Å²) >= 11 is 4.92. The minimum atomic E-state index is 0.683. The van der Waals surface area contributed by atoms with E-state index in [1.54, 1.807) is 0 Å². The topological polar surface area (TPSA) is 0 Å². The molecule has 0 N–H and O–H groups in total. The smallest absolute Gasteiger partial charge is 0.00369 e. The van der Waals surface area contributed by atoms with E-state index in [-0.39, 0.29) is 0 Å². The molecule has 1 rings (SSSR count). The molecule has 1 aromatic carbocycles. The average molecular weight is 193 g/mol. The van der Waals surface area contributed by atoms with Crippen molar-refractivity contribution >= 4 is 12.6 Å². The van der Waals surface area contributed by atoms with Crippen LogP contribution in [0.15, 0.2) is 30.3 Å². The van der Waals surface area contributed by atoms with Crippen molar-refractivity contribution in [1.29, 1.82) is 0 Å². The van der Waals surface area contributed by atoms with Crippen molar-refractivity contribution in [1.82, 2.24) is 0 Å². The standard InChI is InChI=1S/C12H17S/c1-11(7-5-6-10-13)12-8-3-2-4-9-12/h2-4,8-9,11H,5-7,10H2,1H3. The summed E-state index contributed by atoms with van der Waals surface area (Å²) in [5.41, 5.74) is 1.45. The first-order chi connectivity index (χ1) is 6.34. The predicted molar refractivity (Wildman–Crippen MR) is 61.2 cm³/mol. The van der Waals surface area contributed by atoms with Crippen LogP contribution in [0.1, 0.15) is 37.7 Å². The average Bonchev–Trinajstić information content (AvgIpc) is 2.19. The van der Waals surface area contributed by atoms with Crippen molar-refractivity contribution in [2.24, 2.45) is 0 Å². The molecule has 0 aliphatic rings. The van der Waals surface area contributed by atoms with E-state index in [0.717, 1.165) is 5.75 Å². The SMILES string of the molecule is CC(CCCC[S])c1ccccc1. The monoisotopic (exact) mass is 193 g/mol. The number of hydrogen-bond donors (Lipinski definition) is 0. The molecule has 0 aromatic heterocycles. The zero-order valence-electron chi connectivity index (χ0n) is 8.20. The van der Waals surface area contributed by atoms with Gasteiger partial charge in [-0.05, 0) is 24.3 Å². The number of rotatable bonds is 5. The van der Waals surface area contributed by atoms with Crippen LogP contribution in [-0.2, 0) is 0 Å². The molecule has 1 heteroatoms. The van der Waals surface area contributed by atoms with E-state index in [1.807, 2.05) is 0 Å². The minimum absolute atomic E-state index is 0.683. The summed E-state index contributed by atoms with van der Waals surface area (Å²) in [6, 6.07) is 10.7. The van der Waals surface area contributed by atoms with Crippen molar-refractivity contribution in [3.8, 4) is 0 Å². The predicted octanol–water partition coefficient (Wildman–Crippen LogP) is 4.16. The molecule has 1 aromatic rings. The third-order valence-corrected chi connectivity index (χ3v) is 2.69. The first-order valence-electron chi connectivity index (χ1n) is 4.97. The highest BCUT2D eigenvalue weighted by atomic mass is 32.1. The lowest BCUT2D eigenvalue weighted by molar-refractivity contribution is 0.627. The third kappa shape index (κ3) is 3.86. The summed E-state index contributed by atoms with van der Waals surface area (Å²) in [5.74, 6) is 1.59. The molecule has 1 atom stereocenters. The first kappa shape index (κ1) is 10.6. The zero-order valence-corrected chi connectivity index (χ0v) is 9.02. The molecule has 0 aliphatic heterocycles. The van der Waals surface area contributed by atoms with Crippen molar-refractivity contribution in [2.45, 2.75) is 32.1 Å². The normalized spacial score (nSPS) is 12.8. The largest absolute Gasteiger partial charge is 0.0942 e. The Labute approximate surface area is 86.8 Å². The Hall–Kier alpha value is -0.430. The molecule has 0 saturated carbocycles. The second kappa shape index (κ2) is 6.09. The maximum Gasteiger partial charge on any atom is 0.00369 e. The Balaban J connectivity index is 2.35. The van der Waals surface area contributed by atoms with E-state index < -0.39 is 0 Å². The van der Waals surface area contributed by atoms with Gasteiger partial charge in [0.25, 0.3) is 0 Å². The van der Waals surface area contributed by atoms with Gasteiger partial charge >= 0.3 is 0 Å². The molecule has 71 valence electrons. The Bertz CT molecular complexity index is 218. The Morgan fingerprint density at radius 3 is 2.46 bits per heavy atom. The van der Waals surface area contributed by atoms with Crippen molar-refractivity contribution < 1.29 is 0 Å². The fourth-order valence-electron chi connectivity index (χ4n) is 1.50. The van der Waals surface area contributed by atoms with E-state index in [9.17, 15) is 0 Å². The number of hydrogen-bond acceptors (Lipinski definition) is 0. The molecule has 0 saturated heterocycles. The van der Waals surface area contributed by atoms with Gasteiger partial charge in [0.2, 0.25) is 0 Å². The second-order valence-electron chi connectivity index (χ2n) is 3.51. The highest BCUT2D eigenvalue weighted by molar-refractivity contribution is 7.80. The van der Waals surface area contributed by atoms with Gasteiger partial charge < -0.3 is 0 Å². The molecule has 0 bridgehead atoms. The molecule has 1 unspecified atom stereocenters. The lowest BCUT2D eigenvalue weighted by Crippen LogP contribution is -1.93. The van der Waals surface area contributed by atoms with Gasteiger partial charge in [-0.2, -0.15) is 0 Å². The Morgan fingerprint density at radius 1 is 1.15 bits per heavy atom. The van der Waals surface area contributed by atoms with Gasteiger partial charge in [-0.1, -0.05) is 56.3 Å². The summed E-state index contributed by atoms with van der Waals surface area (Å²) in [6.45, 7) is 2.29. The molecular weight excluding hydrogens is 176 g/mol. The summed E-state index contributed by atoms with van der Waals surface area (Å²) in [4.78, 5) is 0. The summed E-state index contributed by atoms with van der Waals surface area (Å²) < 4.78 is 0. The third-order valence-electron chi connectivity index (χ3n) is 2.40. The maximum atomic E-state index is 4.92. The number of unbranched alkanes of at least 4 members (excludes halogenated alkanes) is 1. The van der Waals surface area contributed by atoms with Crippen LogP contribution in [0.4, 0.5) is 0 Å². The first-order valence-corrected chi connectivity index (χ1v) is 5.55. The van der Waals surface area contributed by atoms with Crippen LogP contribution in [0.5, 0.6) is 0 Å². The Kier molecular flexibility index (Phi) is 4.99. The van der Waals surface area contributed by atoms with Crippen LogP contribution in [0.3, 0.4) is 0 Å². The van der Waals surface area contributed by atoms with E-state index in [0.29, 0.717) is 5.92 Å². The second-order valence-corrected chi connectivity index (χ2v) is 3.92. The van der Waals surface area contributed by atoms with Crippen molar-refractivity contribution in [3.05, 3.63) is 35.9 Å². The van der Waals surface area contributed by atoms with Gasteiger partial charge in [-0.15, -0.1) is 0 Å². The van der Waals surface area contributed by atoms with E-state index >= 15 is 0 Å². The quantitative estimate of drug-likeness (QED) is 0.616. The Morgan fingerprint density at radius 2 is 1.85 bits per heavy atom. The van der Waals surface area contributed by atoms with E-state index in [2.05, 4.69) is 37.3 Å². The summed E-state index contributed by atoms with van der Waals surface area (Å²) in [5, 5.41) is 0. The van der Waals surface area contributed by atoms with Crippen molar-refractivity contribution in [2.75, 3.05) is 5.75 Å². The summed E-state index contributed by atoms with van der Waals surface area (Å²) in [7, 11) is 0. The van der Waals surface area contributed by atoms with Crippen LogP contribution in [0.2, 0.25) is 0 Å². The fraction of sp³-hybridized carbons (Fsp3) is 0.500. The molecule has 0 nitrogen and oxygen atoms in total. The fourth-order valence-corrected chi connectivity index (χ4v) is 1.70. The highest BCUT2D eigenvalue weighted by Crippen LogP contribution is 2.20. The summed E-state index contributed by atoms with van der Waals surface area (Å²) in [6.07, 6.45) is 3.72. The van der Waals surface area contributed by atoms with Gasteiger partial charge in [0.05, 0.1) is 0 Å². The molecular formula is C12H17S. The molecule has 0 aliphatic carbocycles. The minimum Gasteiger partial charge on any atom is -0.0942 e. The number of benzene rings is 1. The molecule has 13 heavy (non-hydrogen) atoms. The van der Waals surface area contributed by atoms with Gasteiger partial charge in [0.15, 0.2) is 0 Å². The van der Waals surface area contributed by atoms with E-state index in [1.165, 1.54) is 24.8 Å². The van der Waals surface area contributed by atoms with Crippen LogP contribution >= 0.6 is 12.6 Å². The highest BCUT2D eigenvalue weighted by Gasteiger charge is 2.03. The molecule has 1 radical (unpaired) electrons. The van der Waals surface area contributed by atoms with Crippen LogP contribution < -0.4 is 0 Å². The lowest BCUT2D eigenvalue weighted by atomic mass is 9.96. The van der Waals surface area contributed by atoms with Gasteiger partial charge in [-0.25, -0.2) is 0 Å². The maximum absolute atomic E-state index is 4.92. The molecule has 0 spiro atoms. The lowest BCUT2D eigenvalue weighted by Gasteiger charge is -2.10. The molecule has 0 amide bonds. The van der Waals surface area contributed by atoms with Gasteiger partial charge in [0.1, 0.15) is 0 Å². The van der Waals surface area contributed by atoms with Crippen molar-refractivity contribution in [3.63, 3.8) is 0 Å². The van der Waals surface area contributed by atoms with Crippen LogP contribution in [0, 0.1) is 0 Å². The van der Waals surface area contributed by atoms with Gasteiger partial charge in [0, 0.05) is 5.75 Å².